The third-order valence-corrected chi connectivity index (χ3v) is 2.69. The SMILES string of the molecule is C#CCNCC(=O)Nc1cccc2c(O)cccc12. The number of carbonyl (C=O) groups excluding carboxylic acids is 1. The van der Waals surface area contributed by atoms with Crippen molar-refractivity contribution in [3.8, 4) is 18.1 Å². The van der Waals surface area contributed by atoms with Crippen molar-refractivity contribution in [1.82, 2.24) is 5.32 Å². The Balaban J connectivity index is 2.19. The molecular formula is C15H14N2O2. The summed E-state index contributed by atoms with van der Waals surface area (Å²) in [5.74, 6) is 2.42. The molecule has 0 aliphatic rings. The van der Waals surface area contributed by atoms with Gasteiger partial charge in [0.15, 0.2) is 0 Å². The molecule has 0 heterocycles. The number of amides is 1. The normalized spacial score (nSPS) is 10.1. The smallest absolute Gasteiger partial charge is 0.238 e. The molecule has 96 valence electrons. The lowest BCUT2D eigenvalue weighted by Crippen LogP contribution is -2.28. The molecule has 0 saturated heterocycles. The highest BCUT2D eigenvalue weighted by Crippen LogP contribution is 2.29. The number of nitrogens with one attached hydrogen (secondary N) is 2. The summed E-state index contributed by atoms with van der Waals surface area (Å²) in [4.78, 5) is 11.7. The minimum absolute atomic E-state index is 0.152. The van der Waals surface area contributed by atoms with E-state index in [1.165, 1.54) is 0 Å². The zero-order chi connectivity index (χ0) is 13.7. The van der Waals surface area contributed by atoms with Crippen LogP contribution in [0.4, 0.5) is 5.69 Å². The first-order valence-corrected chi connectivity index (χ1v) is 5.87. The van der Waals surface area contributed by atoms with E-state index in [1.54, 1.807) is 30.3 Å². The van der Waals surface area contributed by atoms with E-state index in [1.807, 2.05) is 6.07 Å². The van der Waals surface area contributed by atoms with Crippen LogP contribution < -0.4 is 10.6 Å². The number of hydrogen-bond donors (Lipinski definition) is 3. The number of aromatic hydroxyl groups is 1. The molecule has 4 heteroatoms. The summed E-state index contributed by atoms with van der Waals surface area (Å²) in [6.07, 6.45) is 5.09. The first kappa shape index (κ1) is 12.9. The molecule has 0 spiro atoms. The quantitative estimate of drug-likeness (QED) is 0.575. The Morgan fingerprint density at radius 2 is 1.95 bits per heavy atom. The van der Waals surface area contributed by atoms with E-state index in [4.69, 9.17) is 6.42 Å². The topological polar surface area (TPSA) is 61.4 Å². The van der Waals surface area contributed by atoms with Crippen LogP contribution in [0.25, 0.3) is 10.8 Å². The Kier molecular flexibility index (Phi) is 4.01. The van der Waals surface area contributed by atoms with Gasteiger partial charge in [-0.2, -0.15) is 0 Å². The molecule has 4 nitrogen and oxygen atoms in total. The van der Waals surface area contributed by atoms with Gasteiger partial charge in [-0.15, -0.1) is 6.42 Å². The largest absolute Gasteiger partial charge is 0.507 e. The maximum absolute atomic E-state index is 11.7. The van der Waals surface area contributed by atoms with Crippen molar-refractivity contribution in [3.05, 3.63) is 36.4 Å². The predicted molar refractivity (Wildman–Crippen MR) is 75.9 cm³/mol. The maximum atomic E-state index is 11.7. The Morgan fingerprint density at radius 3 is 2.74 bits per heavy atom. The fourth-order valence-corrected chi connectivity index (χ4v) is 1.84. The summed E-state index contributed by atoms with van der Waals surface area (Å²) in [7, 11) is 0. The number of phenols is 1. The van der Waals surface area contributed by atoms with E-state index in [0.717, 1.165) is 5.39 Å². The molecule has 19 heavy (non-hydrogen) atoms. The lowest BCUT2D eigenvalue weighted by Gasteiger charge is -2.09. The third-order valence-electron chi connectivity index (χ3n) is 2.69. The number of fused-ring (bicyclic) bond motifs is 1. The van der Waals surface area contributed by atoms with Gasteiger partial charge in [-0.3, -0.25) is 10.1 Å². The summed E-state index contributed by atoms with van der Waals surface area (Å²) < 4.78 is 0. The van der Waals surface area contributed by atoms with Crippen LogP contribution in [0.5, 0.6) is 5.75 Å². The number of benzene rings is 2. The predicted octanol–water partition coefficient (Wildman–Crippen LogP) is 1.71. The summed E-state index contributed by atoms with van der Waals surface area (Å²) in [6, 6.07) is 10.6. The van der Waals surface area contributed by atoms with Gasteiger partial charge in [0.2, 0.25) is 5.91 Å². The second-order valence-electron chi connectivity index (χ2n) is 4.03. The van der Waals surface area contributed by atoms with Crippen LogP contribution in [0.2, 0.25) is 0 Å². The van der Waals surface area contributed by atoms with E-state index in [9.17, 15) is 9.90 Å². The van der Waals surface area contributed by atoms with Gasteiger partial charge >= 0.3 is 0 Å². The minimum Gasteiger partial charge on any atom is -0.507 e. The molecule has 3 N–H and O–H groups in total. The van der Waals surface area contributed by atoms with Gasteiger partial charge in [0.05, 0.1) is 13.1 Å². The van der Waals surface area contributed by atoms with Crippen LogP contribution in [-0.2, 0) is 4.79 Å². The Hall–Kier alpha value is -2.51. The van der Waals surface area contributed by atoms with Gasteiger partial charge in [0.1, 0.15) is 5.75 Å². The fraction of sp³-hybridized carbons (Fsp3) is 0.133. The first-order chi connectivity index (χ1) is 9.22. The number of anilines is 1. The van der Waals surface area contributed by atoms with Crippen LogP contribution in [0.1, 0.15) is 0 Å². The van der Waals surface area contributed by atoms with Crippen LogP contribution in [-0.4, -0.2) is 24.1 Å². The van der Waals surface area contributed by atoms with Crippen molar-refractivity contribution in [1.29, 1.82) is 0 Å². The van der Waals surface area contributed by atoms with Crippen LogP contribution in [0.15, 0.2) is 36.4 Å². The summed E-state index contributed by atoms with van der Waals surface area (Å²) >= 11 is 0. The van der Waals surface area contributed by atoms with Crippen molar-refractivity contribution in [2.45, 2.75) is 0 Å². The van der Waals surface area contributed by atoms with E-state index in [0.29, 0.717) is 17.6 Å². The van der Waals surface area contributed by atoms with Crippen molar-refractivity contribution < 1.29 is 9.90 Å². The minimum atomic E-state index is -0.175. The number of terminal acetylenes is 1. The average molecular weight is 254 g/mol. The fourth-order valence-electron chi connectivity index (χ4n) is 1.84. The molecule has 0 aromatic heterocycles. The molecule has 0 bridgehead atoms. The second-order valence-corrected chi connectivity index (χ2v) is 4.03. The molecular weight excluding hydrogens is 240 g/mol. The van der Waals surface area contributed by atoms with E-state index >= 15 is 0 Å². The molecule has 2 rings (SSSR count). The van der Waals surface area contributed by atoms with Crippen LogP contribution in [0, 0.1) is 12.3 Å². The zero-order valence-electron chi connectivity index (χ0n) is 10.3. The van der Waals surface area contributed by atoms with Gasteiger partial charge in [0, 0.05) is 16.5 Å². The average Bonchev–Trinajstić information content (AvgIpc) is 2.40. The van der Waals surface area contributed by atoms with E-state index in [2.05, 4.69) is 16.6 Å². The Morgan fingerprint density at radius 1 is 1.21 bits per heavy atom. The molecule has 2 aromatic rings. The Bertz CT molecular complexity index is 644. The molecule has 0 fully saturated rings. The summed E-state index contributed by atoms with van der Waals surface area (Å²) in [5.41, 5.74) is 0.668. The van der Waals surface area contributed by atoms with Crippen molar-refractivity contribution in [2.75, 3.05) is 18.4 Å². The van der Waals surface area contributed by atoms with Gasteiger partial charge in [-0.25, -0.2) is 0 Å². The standard InChI is InChI=1S/C15H14N2O2/c1-2-9-16-10-15(19)17-13-7-3-6-12-11(13)5-4-8-14(12)18/h1,3-8,16,18H,9-10H2,(H,17,19). The maximum Gasteiger partial charge on any atom is 0.238 e. The van der Waals surface area contributed by atoms with Crippen molar-refractivity contribution in [2.24, 2.45) is 0 Å². The number of carbonyl (C=O) groups is 1. The highest BCUT2D eigenvalue weighted by Gasteiger charge is 2.06. The molecule has 0 atom stereocenters. The Labute approximate surface area is 111 Å². The van der Waals surface area contributed by atoms with Crippen LogP contribution >= 0.6 is 0 Å². The van der Waals surface area contributed by atoms with E-state index < -0.39 is 0 Å². The lowest BCUT2D eigenvalue weighted by atomic mass is 10.1. The van der Waals surface area contributed by atoms with Gasteiger partial charge < -0.3 is 10.4 Å². The molecule has 2 aromatic carbocycles. The summed E-state index contributed by atoms with van der Waals surface area (Å²) in [6.45, 7) is 0.503. The zero-order valence-corrected chi connectivity index (χ0v) is 10.3. The number of rotatable bonds is 4. The van der Waals surface area contributed by atoms with Gasteiger partial charge in [-0.1, -0.05) is 30.2 Å². The molecule has 0 saturated carbocycles. The third kappa shape index (κ3) is 3.03. The van der Waals surface area contributed by atoms with Crippen LogP contribution in [0.3, 0.4) is 0 Å². The van der Waals surface area contributed by atoms with Crippen molar-refractivity contribution in [3.63, 3.8) is 0 Å². The molecule has 0 aliphatic heterocycles. The molecule has 0 radical (unpaired) electrons. The molecule has 1 amide bonds. The first-order valence-electron chi connectivity index (χ1n) is 5.87. The highest BCUT2D eigenvalue weighted by molar-refractivity contribution is 6.04. The summed E-state index contributed by atoms with van der Waals surface area (Å²) in [5, 5.41) is 16.9. The second kappa shape index (κ2) is 5.89. The van der Waals surface area contributed by atoms with Gasteiger partial charge in [-0.05, 0) is 12.1 Å². The lowest BCUT2D eigenvalue weighted by molar-refractivity contribution is -0.115. The molecule has 0 aliphatic carbocycles. The van der Waals surface area contributed by atoms with Crippen molar-refractivity contribution >= 4 is 22.4 Å². The van der Waals surface area contributed by atoms with Gasteiger partial charge in [0.25, 0.3) is 0 Å². The molecule has 0 unspecified atom stereocenters. The van der Waals surface area contributed by atoms with E-state index in [-0.39, 0.29) is 18.2 Å². The number of phenolic OH excluding ortho intramolecular Hbond substituents is 1. The monoisotopic (exact) mass is 254 g/mol. The number of hydrogen-bond acceptors (Lipinski definition) is 3. The highest BCUT2D eigenvalue weighted by atomic mass is 16.3.